The Morgan fingerprint density at radius 1 is 1.12 bits per heavy atom. The molecule has 0 spiro atoms. The number of aromatic nitrogens is 1. The molecular formula is C15H8Cl3F3N2O3. The number of nitrogens with zero attached hydrogens (tertiary/aromatic N) is 1. The van der Waals surface area contributed by atoms with Crippen molar-refractivity contribution in [1.29, 1.82) is 0 Å². The second-order valence-electron chi connectivity index (χ2n) is 4.80. The fourth-order valence-electron chi connectivity index (χ4n) is 1.72. The summed E-state index contributed by atoms with van der Waals surface area (Å²) in [5, 5.41) is 2.04. The minimum absolute atomic E-state index is 0.0438. The van der Waals surface area contributed by atoms with E-state index in [2.05, 4.69) is 10.3 Å². The molecule has 1 N–H and O–H groups in total. The van der Waals surface area contributed by atoms with E-state index in [1.54, 1.807) is 0 Å². The molecule has 0 fully saturated rings. The molecule has 0 saturated heterocycles. The van der Waals surface area contributed by atoms with Crippen molar-refractivity contribution in [3.63, 3.8) is 0 Å². The number of ether oxygens (including phenoxy) is 1. The van der Waals surface area contributed by atoms with Crippen molar-refractivity contribution in [2.24, 2.45) is 0 Å². The fraction of sp³-hybridized carbons (Fsp3) is 0.133. The summed E-state index contributed by atoms with van der Waals surface area (Å²) >= 11 is 17.2. The Morgan fingerprint density at radius 2 is 1.81 bits per heavy atom. The molecule has 1 heterocycles. The maximum absolute atomic E-state index is 12.5. The van der Waals surface area contributed by atoms with Gasteiger partial charge in [-0.1, -0.05) is 34.8 Å². The first-order valence-corrected chi connectivity index (χ1v) is 7.86. The highest BCUT2D eigenvalue weighted by Crippen LogP contribution is 2.32. The molecule has 26 heavy (non-hydrogen) atoms. The van der Waals surface area contributed by atoms with Gasteiger partial charge in [-0.25, -0.2) is 9.78 Å². The topological polar surface area (TPSA) is 68.3 Å². The number of benzene rings is 1. The molecule has 0 aliphatic rings. The van der Waals surface area contributed by atoms with Crippen LogP contribution in [-0.4, -0.2) is 23.5 Å². The predicted octanol–water partition coefficient (Wildman–Crippen LogP) is 4.86. The minimum Gasteiger partial charge on any atom is -0.452 e. The number of carbonyl (C=O) groups is 2. The highest BCUT2D eigenvalue weighted by molar-refractivity contribution is 6.35. The van der Waals surface area contributed by atoms with Crippen LogP contribution in [0.15, 0.2) is 30.5 Å². The van der Waals surface area contributed by atoms with E-state index in [1.807, 2.05) is 0 Å². The number of esters is 1. The maximum Gasteiger partial charge on any atom is 0.417 e. The second-order valence-corrected chi connectivity index (χ2v) is 6.05. The van der Waals surface area contributed by atoms with Gasteiger partial charge in [-0.15, -0.1) is 0 Å². The van der Waals surface area contributed by atoms with Gasteiger partial charge >= 0.3 is 12.1 Å². The molecule has 11 heteroatoms. The highest BCUT2D eigenvalue weighted by atomic mass is 35.5. The van der Waals surface area contributed by atoms with Crippen LogP contribution >= 0.6 is 34.8 Å². The van der Waals surface area contributed by atoms with Gasteiger partial charge in [0.25, 0.3) is 5.91 Å². The van der Waals surface area contributed by atoms with E-state index in [0.29, 0.717) is 12.3 Å². The van der Waals surface area contributed by atoms with Gasteiger partial charge in [0, 0.05) is 11.2 Å². The lowest BCUT2D eigenvalue weighted by Gasteiger charge is -2.10. The first-order chi connectivity index (χ1) is 12.1. The molecule has 1 amide bonds. The number of hydrogen-bond donors (Lipinski definition) is 1. The summed E-state index contributed by atoms with van der Waals surface area (Å²) in [6.45, 7) is -0.735. The summed E-state index contributed by atoms with van der Waals surface area (Å²) < 4.78 is 42.4. The number of amides is 1. The van der Waals surface area contributed by atoms with E-state index < -0.39 is 35.2 Å². The normalized spacial score (nSPS) is 11.2. The van der Waals surface area contributed by atoms with Crippen LogP contribution < -0.4 is 5.32 Å². The quantitative estimate of drug-likeness (QED) is 0.708. The molecule has 0 unspecified atom stereocenters. The Labute approximate surface area is 160 Å². The molecule has 0 radical (unpaired) electrons. The van der Waals surface area contributed by atoms with Gasteiger partial charge in [0.2, 0.25) is 0 Å². The van der Waals surface area contributed by atoms with E-state index >= 15 is 0 Å². The Kier molecular flexibility index (Phi) is 6.33. The van der Waals surface area contributed by atoms with E-state index in [1.165, 1.54) is 18.2 Å². The number of rotatable bonds is 4. The van der Waals surface area contributed by atoms with Gasteiger partial charge in [0.15, 0.2) is 12.4 Å². The molecule has 2 aromatic rings. The second kappa shape index (κ2) is 8.11. The SMILES string of the molecule is O=C(COC(=O)c1cc(Cl)ccc1Cl)Nc1ncc(C(F)(F)F)cc1Cl. The van der Waals surface area contributed by atoms with Gasteiger partial charge in [0.1, 0.15) is 0 Å². The Balaban J connectivity index is 1.99. The van der Waals surface area contributed by atoms with Crippen LogP contribution in [0.2, 0.25) is 15.1 Å². The van der Waals surface area contributed by atoms with Crippen molar-refractivity contribution in [1.82, 2.24) is 4.98 Å². The van der Waals surface area contributed by atoms with E-state index in [-0.39, 0.29) is 21.4 Å². The van der Waals surface area contributed by atoms with Crippen LogP contribution in [-0.2, 0) is 15.7 Å². The lowest BCUT2D eigenvalue weighted by atomic mass is 10.2. The molecule has 0 saturated carbocycles. The Morgan fingerprint density at radius 3 is 2.42 bits per heavy atom. The van der Waals surface area contributed by atoms with Gasteiger partial charge in [-0.05, 0) is 24.3 Å². The van der Waals surface area contributed by atoms with Gasteiger partial charge in [-0.2, -0.15) is 13.2 Å². The average molecular weight is 428 g/mol. The number of pyridine rings is 1. The van der Waals surface area contributed by atoms with Crippen LogP contribution in [0.3, 0.4) is 0 Å². The average Bonchev–Trinajstić information content (AvgIpc) is 2.55. The molecule has 2 rings (SSSR count). The van der Waals surface area contributed by atoms with E-state index in [0.717, 1.165) is 0 Å². The third-order valence-corrected chi connectivity index (χ3v) is 3.76. The molecule has 1 aromatic heterocycles. The Bertz CT molecular complexity index is 860. The molecule has 0 bridgehead atoms. The van der Waals surface area contributed by atoms with Crippen molar-refractivity contribution in [2.45, 2.75) is 6.18 Å². The number of carbonyl (C=O) groups excluding carboxylic acids is 2. The van der Waals surface area contributed by atoms with Crippen molar-refractivity contribution < 1.29 is 27.5 Å². The number of anilines is 1. The third kappa shape index (κ3) is 5.23. The van der Waals surface area contributed by atoms with Crippen LogP contribution in [0.1, 0.15) is 15.9 Å². The summed E-state index contributed by atoms with van der Waals surface area (Å²) in [5.41, 5.74) is -1.11. The van der Waals surface area contributed by atoms with Crippen LogP contribution in [0.5, 0.6) is 0 Å². The van der Waals surface area contributed by atoms with Crippen molar-refractivity contribution in [2.75, 3.05) is 11.9 Å². The van der Waals surface area contributed by atoms with Gasteiger partial charge in [-0.3, -0.25) is 4.79 Å². The fourth-order valence-corrected chi connectivity index (χ4v) is 2.30. The summed E-state index contributed by atoms with van der Waals surface area (Å²) in [6.07, 6.45) is -4.11. The Hall–Kier alpha value is -2.03. The first kappa shape index (κ1) is 20.3. The predicted molar refractivity (Wildman–Crippen MR) is 89.6 cm³/mol. The van der Waals surface area contributed by atoms with E-state index in [4.69, 9.17) is 39.5 Å². The monoisotopic (exact) mass is 426 g/mol. The molecule has 138 valence electrons. The number of nitrogens with one attached hydrogen (secondary N) is 1. The molecule has 0 aliphatic carbocycles. The molecular weight excluding hydrogens is 420 g/mol. The molecule has 5 nitrogen and oxygen atoms in total. The summed E-state index contributed by atoms with van der Waals surface area (Å²) in [6, 6.07) is 4.72. The lowest BCUT2D eigenvalue weighted by molar-refractivity contribution is -0.137. The third-order valence-electron chi connectivity index (χ3n) is 2.91. The largest absolute Gasteiger partial charge is 0.452 e. The standard InChI is InChI=1S/C15H8Cl3F3N2O3/c16-8-1-2-10(17)9(4-8)14(25)26-6-12(24)23-13-11(18)3-7(5-22-13)15(19,20)21/h1-5H,6H2,(H,22,23,24). The summed E-state index contributed by atoms with van der Waals surface area (Å²) in [7, 11) is 0. The van der Waals surface area contributed by atoms with Gasteiger partial charge < -0.3 is 10.1 Å². The smallest absolute Gasteiger partial charge is 0.417 e. The van der Waals surface area contributed by atoms with Crippen molar-refractivity contribution in [3.05, 3.63) is 56.7 Å². The zero-order valence-electron chi connectivity index (χ0n) is 12.5. The first-order valence-electron chi connectivity index (χ1n) is 6.72. The summed E-state index contributed by atoms with van der Waals surface area (Å²) in [4.78, 5) is 27.1. The number of alkyl halides is 3. The van der Waals surface area contributed by atoms with Crippen LogP contribution in [0, 0.1) is 0 Å². The maximum atomic E-state index is 12.5. The van der Waals surface area contributed by atoms with Crippen LogP contribution in [0.25, 0.3) is 0 Å². The van der Waals surface area contributed by atoms with Crippen molar-refractivity contribution >= 4 is 52.5 Å². The molecule has 1 aromatic carbocycles. The zero-order valence-corrected chi connectivity index (χ0v) is 14.8. The number of halogens is 6. The minimum atomic E-state index is -4.62. The molecule has 0 atom stereocenters. The van der Waals surface area contributed by atoms with E-state index in [9.17, 15) is 22.8 Å². The van der Waals surface area contributed by atoms with Gasteiger partial charge in [0.05, 0.1) is 21.2 Å². The highest BCUT2D eigenvalue weighted by Gasteiger charge is 2.31. The van der Waals surface area contributed by atoms with Crippen molar-refractivity contribution in [3.8, 4) is 0 Å². The van der Waals surface area contributed by atoms with Crippen LogP contribution in [0.4, 0.5) is 19.0 Å². The molecule has 0 aliphatic heterocycles. The number of hydrogen-bond acceptors (Lipinski definition) is 4. The lowest BCUT2D eigenvalue weighted by Crippen LogP contribution is -2.22. The summed E-state index contributed by atoms with van der Waals surface area (Å²) in [5.74, 6) is -2.06. The zero-order chi connectivity index (χ0) is 19.5.